The molecule has 0 aliphatic heterocycles. The van der Waals surface area contributed by atoms with Gasteiger partial charge in [0.25, 0.3) is 0 Å². The van der Waals surface area contributed by atoms with Crippen molar-refractivity contribution >= 4 is 27.2 Å². The topological polar surface area (TPSA) is 66.0 Å². The lowest BCUT2D eigenvalue weighted by Crippen LogP contribution is -1.95. The van der Waals surface area contributed by atoms with Crippen LogP contribution in [0.5, 0.6) is 11.5 Å². The maximum absolute atomic E-state index is 6.07. The Morgan fingerprint density at radius 2 is 2.32 bits per heavy atom. The van der Waals surface area contributed by atoms with Crippen LogP contribution in [0.25, 0.3) is 10.2 Å². The van der Waals surface area contributed by atoms with E-state index in [2.05, 4.69) is 17.0 Å². The van der Waals surface area contributed by atoms with Gasteiger partial charge in [-0.1, -0.05) is 6.92 Å². The van der Waals surface area contributed by atoms with Crippen molar-refractivity contribution in [2.75, 3.05) is 5.73 Å². The van der Waals surface area contributed by atoms with Crippen LogP contribution in [-0.2, 0) is 6.54 Å². The van der Waals surface area contributed by atoms with Gasteiger partial charge in [-0.3, -0.25) is 4.68 Å². The summed E-state index contributed by atoms with van der Waals surface area (Å²) in [6, 6.07) is 3.84. The smallest absolute Gasteiger partial charge is 0.165 e. The lowest BCUT2D eigenvalue weighted by molar-refractivity contribution is 0.483. The molecule has 2 heterocycles. The number of ether oxygens (including phenoxy) is 1. The largest absolute Gasteiger partial charge is 0.452 e. The Balaban J connectivity index is 1.89. The number of benzene rings is 1. The Morgan fingerprint density at radius 1 is 1.42 bits per heavy atom. The molecular weight excluding hydrogens is 260 g/mol. The van der Waals surface area contributed by atoms with Gasteiger partial charge in [-0.15, -0.1) is 11.3 Å². The fraction of sp³-hybridized carbons (Fsp3) is 0.231. The highest BCUT2D eigenvalue weighted by atomic mass is 32.1. The Labute approximate surface area is 114 Å². The zero-order valence-electron chi connectivity index (χ0n) is 10.5. The van der Waals surface area contributed by atoms with E-state index in [9.17, 15) is 0 Å². The molecule has 2 N–H and O–H groups in total. The quantitative estimate of drug-likeness (QED) is 0.741. The third-order valence-corrected chi connectivity index (χ3v) is 3.59. The Morgan fingerprint density at radius 3 is 3.16 bits per heavy atom. The Bertz CT molecular complexity index is 704. The number of nitrogens with two attached hydrogens (primary N) is 1. The highest BCUT2D eigenvalue weighted by Crippen LogP contribution is 2.34. The van der Waals surface area contributed by atoms with E-state index in [4.69, 9.17) is 10.5 Å². The van der Waals surface area contributed by atoms with Crippen molar-refractivity contribution in [1.82, 2.24) is 14.8 Å². The predicted molar refractivity (Wildman–Crippen MR) is 76.6 cm³/mol. The monoisotopic (exact) mass is 274 g/mol. The number of hydrogen-bond acceptors (Lipinski definition) is 5. The highest BCUT2D eigenvalue weighted by molar-refractivity contribution is 7.16. The van der Waals surface area contributed by atoms with Gasteiger partial charge in [-0.25, -0.2) is 4.98 Å². The molecule has 0 aliphatic rings. The molecule has 6 heteroatoms. The number of rotatable bonds is 4. The number of aryl methyl sites for hydroxylation is 1. The standard InChI is InChI=1S/C13H14N4OS/c1-2-5-17-7-9(6-16-17)18-10-3-4-11-13(12(10)14)15-8-19-11/h3-4,6-8H,2,5,14H2,1H3. The first kappa shape index (κ1) is 12.0. The molecule has 0 amide bonds. The normalized spacial score (nSPS) is 11.0. The van der Waals surface area contributed by atoms with Gasteiger partial charge in [-0.05, 0) is 18.6 Å². The average Bonchev–Trinajstić information content (AvgIpc) is 3.03. The highest BCUT2D eigenvalue weighted by Gasteiger charge is 2.09. The van der Waals surface area contributed by atoms with Crippen LogP contribution in [0.1, 0.15) is 13.3 Å². The first-order valence-corrected chi connectivity index (χ1v) is 6.98. The number of nitrogen functional groups attached to an aromatic ring is 1. The molecule has 0 fully saturated rings. The summed E-state index contributed by atoms with van der Waals surface area (Å²) in [5, 5.41) is 4.22. The van der Waals surface area contributed by atoms with Crippen LogP contribution in [0.3, 0.4) is 0 Å². The van der Waals surface area contributed by atoms with Crippen LogP contribution in [0, 0.1) is 0 Å². The summed E-state index contributed by atoms with van der Waals surface area (Å²) in [6.07, 6.45) is 4.60. The number of aromatic nitrogens is 3. The molecule has 1 aromatic carbocycles. The van der Waals surface area contributed by atoms with Gasteiger partial charge < -0.3 is 10.5 Å². The van der Waals surface area contributed by atoms with E-state index in [1.54, 1.807) is 23.0 Å². The van der Waals surface area contributed by atoms with E-state index in [-0.39, 0.29) is 0 Å². The van der Waals surface area contributed by atoms with Gasteiger partial charge in [0.2, 0.25) is 0 Å². The number of anilines is 1. The number of fused-ring (bicyclic) bond motifs is 1. The molecule has 2 aromatic heterocycles. The van der Waals surface area contributed by atoms with Crippen LogP contribution in [-0.4, -0.2) is 14.8 Å². The predicted octanol–water partition coefficient (Wildman–Crippen LogP) is 3.28. The van der Waals surface area contributed by atoms with Gasteiger partial charge >= 0.3 is 0 Å². The lowest BCUT2D eigenvalue weighted by atomic mass is 10.2. The molecule has 0 unspecified atom stereocenters. The molecule has 0 radical (unpaired) electrons. The Hall–Kier alpha value is -2.08. The first-order chi connectivity index (χ1) is 9.28. The van der Waals surface area contributed by atoms with Gasteiger partial charge in [0.15, 0.2) is 11.5 Å². The maximum Gasteiger partial charge on any atom is 0.165 e. The summed E-state index contributed by atoms with van der Waals surface area (Å²) in [5.74, 6) is 1.31. The second-order valence-electron chi connectivity index (χ2n) is 4.22. The summed E-state index contributed by atoms with van der Waals surface area (Å²) in [4.78, 5) is 4.25. The van der Waals surface area contributed by atoms with Gasteiger partial charge in [0.1, 0.15) is 11.2 Å². The number of thiazole rings is 1. The van der Waals surface area contributed by atoms with E-state index in [0.717, 1.165) is 23.2 Å². The van der Waals surface area contributed by atoms with E-state index < -0.39 is 0 Å². The second kappa shape index (κ2) is 4.89. The van der Waals surface area contributed by atoms with E-state index in [1.807, 2.05) is 23.0 Å². The van der Waals surface area contributed by atoms with Crippen molar-refractivity contribution in [2.24, 2.45) is 0 Å². The molecule has 98 valence electrons. The number of nitrogens with zero attached hydrogens (tertiary/aromatic N) is 3. The summed E-state index contributed by atoms with van der Waals surface area (Å²) in [5.41, 5.74) is 9.22. The zero-order chi connectivity index (χ0) is 13.2. The molecule has 0 aliphatic carbocycles. The van der Waals surface area contributed by atoms with Gasteiger partial charge in [0.05, 0.1) is 22.6 Å². The van der Waals surface area contributed by atoms with Crippen LogP contribution in [0.2, 0.25) is 0 Å². The molecule has 0 saturated heterocycles. The molecule has 0 atom stereocenters. The lowest BCUT2D eigenvalue weighted by Gasteiger charge is -2.06. The minimum Gasteiger partial charge on any atom is -0.452 e. The van der Waals surface area contributed by atoms with Crippen LogP contribution < -0.4 is 10.5 Å². The zero-order valence-corrected chi connectivity index (χ0v) is 11.4. The van der Waals surface area contributed by atoms with Crippen LogP contribution in [0.4, 0.5) is 5.69 Å². The van der Waals surface area contributed by atoms with Crippen molar-refractivity contribution in [3.05, 3.63) is 30.0 Å². The molecule has 3 rings (SSSR count). The Kier molecular flexibility index (Phi) is 3.08. The molecule has 0 bridgehead atoms. The minimum absolute atomic E-state index is 0.571. The molecule has 3 aromatic rings. The summed E-state index contributed by atoms with van der Waals surface area (Å²) in [6.45, 7) is 2.99. The van der Waals surface area contributed by atoms with Gasteiger partial charge in [-0.2, -0.15) is 5.10 Å². The fourth-order valence-electron chi connectivity index (χ4n) is 1.90. The van der Waals surface area contributed by atoms with Crippen molar-refractivity contribution < 1.29 is 4.74 Å². The first-order valence-electron chi connectivity index (χ1n) is 6.10. The maximum atomic E-state index is 6.07. The van der Waals surface area contributed by atoms with E-state index in [0.29, 0.717) is 17.2 Å². The van der Waals surface area contributed by atoms with E-state index in [1.165, 1.54) is 0 Å². The molecule has 0 saturated carbocycles. The third-order valence-electron chi connectivity index (χ3n) is 2.79. The molecule has 5 nitrogen and oxygen atoms in total. The van der Waals surface area contributed by atoms with Crippen LogP contribution in [0.15, 0.2) is 30.0 Å². The average molecular weight is 274 g/mol. The van der Waals surface area contributed by atoms with Crippen molar-refractivity contribution in [2.45, 2.75) is 19.9 Å². The SMILES string of the molecule is CCCn1cc(Oc2ccc3scnc3c2N)cn1. The molecule has 0 spiro atoms. The summed E-state index contributed by atoms with van der Waals surface area (Å²) >= 11 is 1.56. The molecular formula is C13H14N4OS. The molecule has 19 heavy (non-hydrogen) atoms. The van der Waals surface area contributed by atoms with Crippen molar-refractivity contribution in [1.29, 1.82) is 0 Å². The number of hydrogen-bond donors (Lipinski definition) is 1. The van der Waals surface area contributed by atoms with Crippen molar-refractivity contribution in [3.8, 4) is 11.5 Å². The fourth-order valence-corrected chi connectivity index (χ4v) is 2.59. The van der Waals surface area contributed by atoms with Crippen LogP contribution >= 0.6 is 11.3 Å². The summed E-state index contributed by atoms with van der Waals surface area (Å²) in [7, 11) is 0. The van der Waals surface area contributed by atoms with Crippen molar-refractivity contribution in [3.63, 3.8) is 0 Å². The summed E-state index contributed by atoms with van der Waals surface area (Å²) < 4.78 is 8.69. The van der Waals surface area contributed by atoms with E-state index >= 15 is 0 Å². The van der Waals surface area contributed by atoms with Gasteiger partial charge in [0, 0.05) is 6.54 Å². The second-order valence-corrected chi connectivity index (χ2v) is 5.10. The minimum atomic E-state index is 0.571. The third kappa shape index (κ3) is 2.26.